The third kappa shape index (κ3) is 5.80. The third-order valence-electron chi connectivity index (χ3n) is 4.60. The number of piperidine rings is 1. The summed E-state index contributed by atoms with van der Waals surface area (Å²) in [5.74, 6) is -0.395. The van der Waals surface area contributed by atoms with E-state index in [-0.39, 0.29) is 10.6 Å². The van der Waals surface area contributed by atoms with Gasteiger partial charge in [-0.05, 0) is 49.2 Å². The van der Waals surface area contributed by atoms with Gasteiger partial charge in [0.1, 0.15) is 9.96 Å². The van der Waals surface area contributed by atoms with E-state index < -0.39 is 28.5 Å². The molecule has 1 N–H and O–H groups in total. The summed E-state index contributed by atoms with van der Waals surface area (Å²) in [4.78, 5) is 24.5. The fourth-order valence-electron chi connectivity index (χ4n) is 3.04. The van der Waals surface area contributed by atoms with Crippen molar-refractivity contribution < 1.29 is 27.5 Å². The number of rotatable bonds is 8. The highest BCUT2D eigenvalue weighted by atomic mass is 32.2. The second-order valence-corrected chi connectivity index (χ2v) is 10.1. The fourth-order valence-corrected chi connectivity index (χ4v) is 6.05. The molecule has 1 fully saturated rings. The summed E-state index contributed by atoms with van der Waals surface area (Å²) in [5.41, 5.74) is 0.558. The Labute approximate surface area is 179 Å². The minimum absolute atomic E-state index is 0.0873. The Bertz CT molecular complexity index is 979. The largest absolute Gasteiger partial charge is 0.497 e. The van der Waals surface area contributed by atoms with Crippen LogP contribution in [0, 0.1) is 0 Å². The maximum atomic E-state index is 12.7. The molecule has 0 bridgehead atoms. The third-order valence-corrected chi connectivity index (χ3v) is 8.05. The van der Waals surface area contributed by atoms with Crippen molar-refractivity contribution in [3.63, 3.8) is 0 Å². The molecular formula is C20H24N2O6S2. The molecule has 10 heteroatoms. The van der Waals surface area contributed by atoms with Gasteiger partial charge in [0.15, 0.2) is 6.61 Å². The van der Waals surface area contributed by atoms with Crippen LogP contribution in [0.3, 0.4) is 0 Å². The van der Waals surface area contributed by atoms with Crippen molar-refractivity contribution in [3.05, 3.63) is 41.3 Å². The van der Waals surface area contributed by atoms with E-state index in [0.29, 0.717) is 29.4 Å². The highest BCUT2D eigenvalue weighted by Crippen LogP contribution is 2.27. The number of hydrogen-bond acceptors (Lipinski definition) is 7. The van der Waals surface area contributed by atoms with Crippen molar-refractivity contribution in [2.45, 2.75) is 29.9 Å². The number of hydrogen-bond donors (Lipinski definition) is 1. The Balaban J connectivity index is 1.48. The van der Waals surface area contributed by atoms with Crippen LogP contribution in [0.25, 0.3) is 0 Å². The Hall–Kier alpha value is -2.43. The van der Waals surface area contributed by atoms with E-state index in [4.69, 9.17) is 9.47 Å². The molecule has 1 aromatic heterocycles. The van der Waals surface area contributed by atoms with Gasteiger partial charge in [-0.15, -0.1) is 11.3 Å². The first-order valence-corrected chi connectivity index (χ1v) is 11.8. The van der Waals surface area contributed by atoms with Crippen molar-refractivity contribution in [2.24, 2.45) is 0 Å². The standard InChI is InChI=1S/C20H24N2O6S2/c1-27-16-7-5-15(6-8-16)21-18(23)14-28-19(24)13-17-9-10-20(29-17)30(25,26)22-11-3-2-4-12-22/h5-10H,2-4,11-14H2,1H3,(H,21,23). The molecule has 0 aliphatic carbocycles. The number of carbonyl (C=O) groups is 2. The van der Waals surface area contributed by atoms with Crippen molar-refractivity contribution >= 4 is 38.9 Å². The van der Waals surface area contributed by atoms with E-state index in [2.05, 4.69) is 5.32 Å². The SMILES string of the molecule is COc1ccc(NC(=O)COC(=O)Cc2ccc(S(=O)(=O)N3CCCCC3)s2)cc1. The molecule has 3 rings (SSSR count). The van der Waals surface area contributed by atoms with Gasteiger partial charge in [0.2, 0.25) is 0 Å². The zero-order valence-electron chi connectivity index (χ0n) is 16.6. The molecule has 1 amide bonds. The first kappa shape index (κ1) is 22.3. The van der Waals surface area contributed by atoms with Crippen LogP contribution in [-0.4, -0.2) is 51.4 Å². The molecule has 1 aliphatic rings. The van der Waals surface area contributed by atoms with E-state index in [0.717, 1.165) is 30.6 Å². The molecule has 1 saturated heterocycles. The van der Waals surface area contributed by atoms with Crippen LogP contribution in [-0.2, 0) is 30.8 Å². The fraction of sp³-hybridized carbons (Fsp3) is 0.400. The maximum Gasteiger partial charge on any atom is 0.311 e. The highest BCUT2D eigenvalue weighted by Gasteiger charge is 2.27. The first-order chi connectivity index (χ1) is 14.4. The molecule has 0 unspecified atom stereocenters. The van der Waals surface area contributed by atoms with E-state index in [9.17, 15) is 18.0 Å². The van der Waals surface area contributed by atoms with Gasteiger partial charge in [-0.25, -0.2) is 8.42 Å². The number of nitrogens with one attached hydrogen (secondary N) is 1. The number of ether oxygens (including phenoxy) is 2. The second kappa shape index (κ2) is 10.1. The topological polar surface area (TPSA) is 102 Å². The number of anilines is 1. The van der Waals surface area contributed by atoms with E-state index in [1.807, 2.05) is 0 Å². The zero-order valence-corrected chi connectivity index (χ0v) is 18.3. The minimum Gasteiger partial charge on any atom is -0.497 e. The summed E-state index contributed by atoms with van der Waals surface area (Å²) >= 11 is 1.06. The summed E-state index contributed by atoms with van der Waals surface area (Å²) in [6.45, 7) is 0.636. The molecular weight excluding hydrogens is 428 g/mol. The zero-order chi connectivity index (χ0) is 21.6. The van der Waals surface area contributed by atoms with Gasteiger partial charge < -0.3 is 14.8 Å². The van der Waals surface area contributed by atoms with Crippen LogP contribution in [0.4, 0.5) is 5.69 Å². The minimum atomic E-state index is -3.52. The molecule has 0 spiro atoms. The number of benzene rings is 1. The quantitative estimate of drug-likeness (QED) is 0.618. The lowest BCUT2D eigenvalue weighted by Gasteiger charge is -2.25. The molecule has 162 valence electrons. The molecule has 1 aromatic carbocycles. The van der Waals surface area contributed by atoms with E-state index >= 15 is 0 Å². The maximum absolute atomic E-state index is 12.7. The van der Waals surface area contributed by atoms with E-state index in [1.165, 1.54) is 10.4 Å². The molecule has 8 nitrogen and oxygen atoms in total. The molecule has 2 heterocycles. The average molecular weight is 453 g/mol. The van der Waals surface area contributed by atoms with Crippen LogP contribution in [0.15, 0.2) is 40.6 Å². The molecule has 0 atom stereocenters. The summed E-state index contributed by atoms with van der Waals surface area (Å²) < 4.78 is 37.1. The van der Waals surface area contributed by atoms with E-state index in [1.54, 1.807) is 37.4 Å². The number of amides is 1. The summed E-state index contributed by atoms with van der Waals surface area (Å²) in [6, 6.07) is 9.89. The smallest absolute Gasteiger partial charge is 0.311 e. The van der Waals surface area contributed by atoms with Gasteiger partial charge >= 0.3 is 5.97 Å². The van der Waals surface area contributed by atoms with Crippen LogP contribution in [0.2, 0.25) is 0 Å². The average Bonchev–Trinajstić information content (AvgIpc) is 3.23. The van der Waals surface area contributed by atoms with Crippen LogP contribution < -0.4 is 10.1 Å². The normalized spacial score (nSPS) is 14.8. The Morgan fingerprint density at radius 2 is 1.77 bits per heavy atom. The molecule has 0 saturated carbocycles. The lowest BCUT2D eigenvalue weighted by atomic mass is 10.2. The lowest BCUT2D eigenvalue weighted by molar-refractivity contribution is -0.146. The van der Waals surface area contributed by atoms with Crippen LogP contribution in [0.5, 0.6) is 5.75 Å². The number of esters is 1. The second-order valence-electron chi connectivity index (χ2n) is 6.80. The molecule has 1 aliphatic heterocycles. The molecule has 0 radical (unpaired) electrons. The van der Waals surface area contributed by atoms with Gasteiger partial charge in [-0.2, -0.15) is 4.31 Å². The number of sulfonamides is 1. The van der Waals surface area contributed by atoms with Gasteiger partial charge in [0.05, 0.1) is 13.5 Å². The number of nitrogens with zero attached hydrogens (tertiary/aromatic N) is 1. The summed E-state index contributed by atoms with van der Waals surface area (Å²) in [5, 5.41) is 2.62. The number of carbonyl (C=O) groups excluding carboxylic acids is 2. The summed E-state index contributed by atoms with van der Waals surface area (Å²) in [7, 11) is -1.97. The van der Waals surface area contributed by atoms with Crippen molar-refractivity contribution in [3.8, 4) is 5.75 Å². The van der Waals surface area contributed by atoms with Gasteiger partial charge in [0, 0.05) is 23.7 Å². The number of methoxy groups -OCH3 is 1. The number of thiophene rings is 1. The van der Waals surface area contributed by atoms with Gasteiger partial charge in [-0.1, -0.05) is 6.42 Å². The molecule has 2 aromatic rings. The van der Waals surface area contributed by atoms with Crippen LogP contribution >= 0.6 is 11.3 Å². The van der Waals surface area contributed by atoms with Crippen molar-refractivity contribution in [1.82, 2.24) is 4.31 Å². The lowest BCUT2D eigenvalue weighted by Crippen LogP contribution is -2.35. The Kier molecular flexibility index (Phi) is 7.46. The molecule has 30 heavy (non-hydrogen) atoms. The first-order valence-electron chi connectivity index (χ1n) is 9.57. The Morgan fingerprint density at radius 3 is 2.43 bits per heavy atom. The predicted molar refractivity (Wildman–Crippen MR) is 113 cm³/mol. The predicted octanol–water partition coefficient (Wildman–Crippen LogP) is 2.66. The van der Waals surface area contributed by atoms with Crippen molar-refractivity contribution in [1.29, 1.82) is 0 Å². The van der Waals surface area contributed by atoms with Crippen LogP contribution in [0.1, 0.15) is 24.1 Å². The summed E-state index contributed by atoms with van der Waals surface area (Å²) in [6.07, 6.45) is 2.68. The highest BCUT2D eigenvalue weighted by molar-refractivity contribution is 7.91. The monoisotopic (exact) mass is 452 g/mol. The van der Waals surface area contributed by atoms with Crippen molar-refractivity contribution in [2.75, 3.05) is 32.1 Å². The van der Waals surface area contributed by atoms with Gasteiger partial charge in [-0.3, -0.25) is 9.59 Å². The van der Waals surface area contributed by atoms with Gasteiger partial charge in [0.25, 0.3) is 15.9 Å². The Morgan fingerprint density at radius 1 is 1.07 bits per heavy atom.